The fourth-order valence-corrected chi connectivity index (χ4v) is 2.80. The van der Waals surface area contributed by atoms with Crippen LogP contribution in [0.4, 0.5) is 5.00 Å². The van der Waals surface area contributed by atoms with Crippen molar-refractivity contribution in [1.29, 1.82) is 0 Å². The van der Waals surface area contributed by atoms with E-state index in [2.05, 4.69) is 15.5 Å². The van der Waals surface area contributed by atoms with Gasteiger partial charge in [0.05, 0.1) is 11.0 Å². The van der Waals surface area contributed by atoms with E-state index < -0.39 is 0 Å². The van der Waals surface area contributed by atoms with Crippen LogP contribution in [0, 0.1) is 10.1 Å². The maximum Gasteiger partial charge on any atom is 0.324 e. The lowest BCUT2D eigenvalue weighted by atomic mass is 10.2. The van der Waals surface area contributed by atoms with E-state index >= 15 is 0 Å². The molecule has 3 aromatic heterocycles. The summed E-state index contributed by atoms with van der Waals surface area (Å²) in [6.45, 7) is 2.54. The van der Waals surface area contributed by atoms with Gasteiger partial charge in [-0.05, 0) is 24.6 Å². The number of rotatable bonds is 5. The number of nitrogens with one attached hydrogen (secondary N) is 1. The van der Waals surface area contributed by atoms with Crippen molar-refractivity contribution in [2.24, 2.45) is 0 Å². The molecule has 0 aliphatic rings. The third kappa shape index (κ3) is 2.76. The van der Waals surface area contributed by atoms with E-state index in [1.807, 2.05) is 35.7 Å². The molecule has 0 radical (unpaired) electrons. The van der Waals surface area contributed by atoms with Gasteiger partial charge in [-0.2, -0.15) is 0 Å². The Morgan fingerprint density at radius 2 is 2.33 bits per heavy atom. The molecule has 21 heavy (non-hydrogen) atoms. The molecular weight excluding hydrogens is 290 g/mol. The standard InChI is InChI=1S/C13H13N5O2S/c1-9(13-16-15-11-4-2-3-5-17(11)13)14-7-10-6-12(18(19)20)21-8-10/h2-6,8-9,14H,7H2,1H3. The normalized spacial score (nSPS) is 12.6. The Bertz CT molecular complexity index is 782. The third-order valence-electron chi connectivity index (χ3n) is 3.16. The molecule has 0 aliphatic heterocycles. The molecule has 0 amide bonds. The first-order valence-electron chi connectivity index (χ1n) is 6.40. The number of hydrogen-bond donors (Lipinski definition) is 1. The third-order valence-corrected chi connectivity index (χ3v) is 4.09. The topological polar surface area (TPSA) is 85.4 Å². The van der Waals surface area contributed by atoms with Gasteiger partial charge in [-0.15, -0.1) is 10.2 Å². The molecule has 3 rings (SSSR count). The molecule has 3 heterocycles. The van der Waals surface area contributed by atoms with E-state index in [1.165, 1.54) is 0 Å². The number of thiophene rings is 1. The Morgan fingerprint density at radius 3 is 3.10 bits per heavy atom. The predicted molar refractivity (Wildman–Crippen MR) is 79.2 cm³/mol. The molecule has 7 nitrogen and oxygen atoms in total. The molecular formula is C13H13N5O2S. The van der Waals surface area contributed by atoms with Crippen LogP contribution in [0.25, 0.3) is 5.65 Å². The number of nitrogens with zero attached hydrogens (tertiary/aromatic N) is 4. The predicted octanol–water partition coefficient (Wildman–Crippen LogP) is 2.55. The average molecular weight is 303 g/mol. The van der Waals surface area contributed by atoms with Crippen molar-refractivity contribution in [3.05, 3.63) is 57.3 Å². The highest BCUT2D eigenvalue weighted by molar-refractivity contribution is 7.13. The zero-order valence-corrected chi connectivity index (χ0v) is 12.1. The van der Waals surface area contributed by atoms with Gasteiger partial charge in [0.25, 0.3) is 0 Å². The lowest BCUT2D eigenvalue weighted by Gasteiger charge is -2.11. The average Bonchev–Trinajstić information content (AvgIpc) is 3.11. The minimum Gasteiger partial charge on any atom is -0.303 e. The molecule has 0 fully saturated rings. The second kappa shape index (κ2) is 5.58. The lowest BCUT2D eigenvalue weighted by Crippen LogP contribution is -2.20. The highest BCUT2D eigenvalue weighted by atomic mass is 32.1. The van der Waals surface area contributed by atoms with Crippen molar-refractivity contribution >= 4 is 22.0 Å². The fourth-order valence-electron chi connectivity index (χ4n) is 2.07. The molecule has 0 saturated heterocycles. The zero-order chi connectivity index (χ0) is 14.8. The van der Waals surface area contributed by atoms with Crippen molar-refractivity contribution in [3.63, 3.8) is 0 Å². The summed E-state index contributed by atoms with van der Waals surface area (Å²) in [4.78, 5) is 10.3. The summed E-state index contributed by atoms with van der Waals surface area (Å²) in [5, 5.41) is 24.2. The van der Waals surface area contributed by atoms with Crippen LogP contribution in [0.2, 0.25) is 0 Å². The number of hydrogen-bond acceptors (Lipinski definition) is 6. The van der Waals surface area contributed by atoms with Gasteiger partial charge in [-0.1, -0.05) is 17.4 Å². The number of pyridine rings is 1. The smallest absolute Gasteiger partial charge is 0.303 e. The molecule has 0 aliphatic carbocycles. The highest BCUT2D eigenvalue weighted by Gasteiger charge is 2.14. The number of nitro groups is 1. The summed E-state index contributed by atoms with van der Waals surface area (Å²) in [6.07, 6.45) is 1.91. The fraction of sp³-hybridized carbons (Fsp3) is 0.231. The molecule has 0 bridgehead atoms. The Morgan fingerprint density at radius 1 is 1.48 bits per heavy atom. The highest BCUT2D eigenvalue weighted by Crippen LogP contribution is 2.23. The first kappa shape index (κ1) is 13.7. The van der Waals surface area contributed by atoms with Gasteiger partial charge in [-0.25, -0.2) is 0 Å². The SMILES string of the molecule is CC(NCc1csc([N+](=O)[O-])c1)c1nnc2ccccn12. The van der Waals surface area contributed by atoms with Crippen molar-refractivity contribution in [3.8, 4) is 0 Å². The van der Waals surface area contributed by atoms with E-state index in [4.69, 9.17) is 0 Å². The van der Waals surface area contributed by atoms with Crippen molar-refractivity contribution in [1.82, 2.24) is 19.9 Å². The molecule has 8 heteroatoms. The first-order chi connectivity index (χ1) is 10.1. The van der Waals surface area contributed by atoms with Crippen LogP contribution in [-0.4, -0.2) is 19.5 Å². The Labute approximate surface area is 124 Å². The van der Waals surface area contributed by atoms with Gasteiger partial charge in [0.15, 0.2) is 11.5 Å². The lowest BCUT2D eigenvalue weighted by molar-refractivity contribution is -0.380. The van der Waals surface area contributed by atoms with Crippen LogP contribution in [0.15, 0.2) is 35.8 Å². The van der Waals surface area contributed by atoms with E-state index in [0.717, 1.165) is 28.4 Å². The van der Waals surface area contributed by atoms with Gasteiger partial charge in [0.1, 0.15) is 0 Å². The Kier molecular flexibility index (Phi) is 3.63. The van der Waals surface area contributed by atoms with E-state index in [9.17, 15) is 10.1 Å². The first-order valence-corrected chi connectivity index (χ1v) is 7.28. The van der Waals surface area contributed by atoms with Crippen LogP contribution in [-0.2, 0) is 6.54 Å². The monoisotopic (exact) mass is 303 g/mol. The molecule has 1 atom stereocenters. The molecule has 1 N–H and O–H groups in total. The Balaban J connectivity index is 1.71. The largest absolute Gasteiger partial charge is 0.324 e. The maximum absolute atomic E-state index is 10.7. The van der Waals surface area contributed by atoms with Crippen molar-refractivity contribution < 1.29 is 4.92 Å². The quantitative estimate of drug-likeness (QED) is 0.578. The van der Waals surface area contributed by atoms with Crippen LogP contribution in [0.1, 0.15) is 24.4 Å². The summed E-state index contributed by atoms with van der Waals surface area (Å²) in [5.41, 5.74) is 1.69. The van der Waals surface area contributed by atoms with Crippen LogP contribution in [0.5, 0.6) is 0 Å². The molecule has 0 spiro atoms. The van der Waals surface area contributed by atoms with E-state index in [0.29, 0.717) is 6.54 Å². The van der Waals surface area contributed by atoms with E-state index in [1.54, 1.807) is 11.4 Å². The second-order valence-electron chi connectivity index (χ2n) is 4.64. The molecule has 108 valence electrons. The molecule has 3 aromatic rings. The zero-order valence-electron chi connectivity index (χ0n) is 11.3. The van der Waals surface area contributed by atoms with Gasteiger partial charge in [0, 0.05) is 24.2 Å². The van der Waals surface area contributed by atoms with Crippen LogP contribution < -0.4 is 5.32 Å². The van der Waals surface area contributed by atoms with Gasteiger partial charge < -0.3 is 5.32 Å². The maximum atomic E-state index is 10.7. The summed E-state index contributed by atoms with van der Waals surface area (Å²) in [7, 11) is 0. The Hall–Kier alpha value is -2.32. The minimum absolute atomic E-state index is 0.0126. The minimum atomic E-state index is -0.371. The summed E-state index contributed by atoms with van der Waals surface area (Å²) in [5.74, 6) is 0.815. The molecule has 0 aromatic carbocycles. The van der Waals surface area contributed by atoms with Gasteiger partial charge in [0.2, 0.25) is 0 Å². The van der Waals surface area contributed by atoms with E-state index in [-0.39, 0.29) is 16.0 Å². The molecule has 0 saturated carbocycles. The van der Waals surface area contributed by atoms with Crippen LogP contribution >= 0.6 is 11.3 Å². The summed E-state index contributed by atoms with van der Waals surface area (Å²) < 4.78 is 1.92. The number of fused-ring (bicyclic) bond motifs is 1. The molecule has 1 unspecified atom stereocenters. The van der Waals surface area contributed by atoms with Crippen molar-refractivity contribution in [2.75, 3.05) is 0 Å². The van der Waals surface area contributed by atoms with Crippen molar-refractivity contribution in [2.45, 2.75) is 19.5 Å². The van der Waals surface area contributed by atoms with Gasteiger partial charge >= 0.3 is 5.00 Å². The number of aromatic nitrogens is 3. The van der Waals surface area contributed by atoms with Crippen LogP contribution in [0.3, 0.4) is 0 Å². The van der Waals surface area contributed by atoms with Gasteiger partial charge in [-0.3, -0.25) is 14.5 Å². The summed E-state index contributed by atoms with van der Waals surface area (Å²) in [6, 6.07) is 7.31. The summed E-state index contributed by atoms with van der Waals surface area (Å²) >= 11 is 1.14. The second-order valence-corrected chi connectivity index (χ2v) is 5.53.